The third-order valence-corrected chi connectivity index (χ3v) is 3.83. The van der Waals surface area contributed by atoms with E-state index in [1.54, 1.807) is 0 Å². The Kier molecular flexibility index (Phi) is 5.74. The van der Waals surface area contributed by atoms with Crippen molar-refractivity contribution in [1.29, 1.82) is 0 Å². The molecule has 1 amide bonds. The maximum absolute atomic E-state index is 11.8. The molecule has 0 spiro atoms. The van der Waals surface area contributed by atoms with Crippen molar-refractivity contribution in [2.75, 3.05) is 5.32 Å². The molecule has 2 aromatic rings. The number of amides is 1. The smallest absolute Gasteiger partial charge is 0.225 e. The Labute approximate surface area is 137 Å². The van der Waals surface area contributed by atoms with Gasteiger partial charge in [-0.15, -0.1) is 0 Å². The Morgan fingerprint density at radius 2 is 1.83 bits per heavy atom. The van der Waals surface area contributed by atoms with Crippen LogP contribution in [0.4, 0.5) is 5.82 Å². The van der Waals surface area contributed by atoms with Gasteiger partial charge < -0.3 is 10.1 Å². The maximum Gasteiger partial charge on any atom is 0.225 e. The number of anilines is 1. The molecule has 0 radical (unpaired) electrons. The van der Waals surface area contributed by atoms with Crippen LogP contribution in [0.3, 0.4) is 0 Å². The van der Waals surface area contributed by atoms with Crippen LogP contribution >= 0.6 is 0 Å². The first-order valence-corrected chi connectivity index (χ1v) is 7.97. The van der Waals surface area contributed by atoms with Crippen LogP contribution in [0.15, 0.2) is 30.3 Å². The van der Waals surface area contributed by atoms with E-state index in [0.29, 0.717) is 18.8 Å². The van der Waals surface area contributed by atoms with E-state index in [1.807, 2.05) is 58.0 Å². The molecule has 4 nitrogen and oxygen atoms in total. The zero-order valence-electron chi connectivity index (χ0n) is 14.3. The average Bonchev–Trinajstić information content (AvgIpc) is 2.53. The van der Waals surface area contributed by atoms with Crippen LogP contribution in [0.5, 0.6) is 5.75 Å². The average molecular weight is 312 g/mol. The Balaban J connectivity index is 2.18. The summed E-state index contributed by atoms with van der Waals surface area (Å²) in [5.74, 6) is 1.42. The highest BCUT2D eigenvalue weighted by molar-refractivity contribution is 5.90. The first-order chi connectivity index (χ1) is 11.0. The molecule has 1 aromatic carbocycles. The van der Waals surface area contributed by atoms with Gasteiger partial charge in [0.15, 0.2) is 0 Å². The van der Waals surface area contributed by atoms with Crippen LogP contribution in [0.2, 0.25) is 0 Å². The van der Waals surface area contributed by atoms with E-state index in [2.05, 4.69) is 10.3 Å². The van der Waals surface area contributed by atoms with Gasteiger partial charge in [0.1, 0.15) is 18.2 Å². The molecule has 0 aliphatic rings. The lowest BCUT2D eigenvalue weighted by atomic mass is 10.1. The quantitative estimate of drug-likeness (QED) is 0.864. The highest BCUT2D eigenvalue weighted by atomic mass is 16.5. The van der Waals surface area contributed by atoms with Crippen LogP contribution in [0, 0.1) is 20.8 Å². The number of aryl methyl sites for hydroxylation is 1. The van der Waals surface area contributed by atoms with Gasteiger partial charge in [0.2, 0.25) is 5.91 Å². The van der Waals surface area contributed by atoms with Gasteiger partial charge in [-0.3, -0.25) is 4.79 Å². The van der Waals surface area contributed by atoms with E-state index in [4.69, 9.17) is 4.74 Å². The Morgan fingerprint density at radius 3 is 2.48 bits per heavy atom. The second-order valence-corrected chi connectivity index (χ2v) is 5.70. The highest BCUT2D eigenvalue weighted by Crippen LogP contribution is 2.29. The molecule has 0 bridgehead atoms. The number of ether oxygens (including phenoxy) is 1. The number of rotatable bonds is 6. The third-order valence-electron chi connectivity index (χ3n) is 3.83. The first kappa shape index (κ1) is 17.0. The lowest BCUT2D eigenvalue weighted by Crippen LogP contribution is -2.14. The molecule has 2 rings (SSSR count). The van der Waals surface area contributed by atoms with Crippen molar-refractivity contribution in [3.05, 3.63) is 52.7 Å². The van der Waals surface area contributed by atoms with Crippen LogP contribution < -0.4 is 10.1 Å². The van der Waals surface area contributed by atoms with Crippen LogP contribution in [0.25, 0.3) is 0 Å². The summed E-state index contributed by atoms with van der Waals surface area (Å²) in [6.45, 7) is 8.35. The molecule has 0 aliphatic carbocycles. The predicted octanol–water partition coefficient (Wildman–Crippen LogP) is 4.32. The summed E-state index contributed by atoms with van der Waals surface area (Å²) in [4.78, 5) is 16.3. The summed E-state index contributed by atoms with van der Waals surface area (Å²) in [7, 11) is 0. The van der Waals surface area contributed by atoms with Gasteiger partial charge >= 0.3 is 0 Å². The van der Waals surface area contributed by atoms with Gasteiger partial charge in [-0.1, -0.05) is 37.3 Å². The number of pyridine rings is 1. The summed E-state index contributed by atoms with van der Waals surface area (Å²) >= 11 is 0. The van der Waals surface area contributed by atoms with Crippen LogP contribution in [-0.4, -0.2) is 10.9 Å². The lowest BCUT2D eigenvalue weighted by Gasteiger charge is -2.17. The number of benzene rings is 1. The van der Waals surface area contributed by atoms with E-state index >= 15 is 0 Å². The first-order valence-electron chi connectivity index (χ1n) is 7.97. The number of aromatic nitrogens is 1. The van der Waals surface area contributed by atoms with Crippen molar-refractivity contribution in [2.45, 2.75) is 47.1 Å². The van der Waals surface area contributed by atoms with E-state index in [-0.39, 0.29) is 5.91 Å². The van der Waals surface area contributed by atoms with Gasteiger partial charge in [-0.05, 0) is 43.9 Å². The van der Waals surface area contributed by atoms with Crippen molar-refractivity contribution in [3.63, 3.8) is 0 Å². The largest absolute Gasteiger partial charge is 0.487 e. The van der Waals surface area contributed by atoms with Crippen LogP contribution in [-0.2, 0) is 11.4 Å². The second kappa shape index (κ2) is 7.77. The third kappa shape index (κ3) is 4.31. The predicted molar refractivity (Wildman–Crippen MR) is 92.8 cm³/mol. The Hall–Kier alpha value is -2.36. The summed E-state index contributed by atoms with van der Waals surface area (Å²) in [6, 6.07) is 10.0. The lowest BCUT2D eigenvalue weighted by molar-refractivity contribution is -0.116. The van der Waals surface area contributed by atoms with Crippen molar-refractivity contribution < 1.29 is 9.53 Å². The van der Waals surface area contributed by atoms with Gasteiger partial charge in [-0.2, -0.15) is 0 Å². The van der Waals surface area contributed by atoms with Gasteiger partial charge in [0, 0.05) is 6.42 Å². The normalized spacial score (nSPS) is 10.4. The van der Waals surface area contributed by atoms with Crippen LogP contribution in [0.1, 0.15) is 42.1 Å². The van der Waals surface area contributed by atoms with E-state index in [9.17, 15) is 4.79 Å². The zero-order valence-corrected chi connectivity index (χ0v) is 14.3. The molecule has 4 heteroatoms. The molecule has 0 atom stereocenters. The monoisotopic (exact) mass is 312 g/mol. The van der Waals surface area contributed by atoms with E-state index < -0.39 is 0 Å². The molecule has 122 valence electrons. The van der Waals surface area contributed by atoms with Gasteiger partial charge in [0.05, 0.1) is 5.69 Å². The standard InChI is InChI=1S/C19H24N2O2/c1-5-9-17(22)21-19-14(3)13(2)18(15(4)20-19)23-12-16-10-7-6-8-11-16/h6-8,10-11H,5,9,12H2,1-4H3,(H,20,21,22). The topological polar surface area (TPSA) is 51.2 Å². The number of hydrogen-bond acceptors (Lipinski definition) is 3. The molecule has 0 saturated heterocycles. The molecule has 1 N–H and O–H groups in total. The maximum atomic E-state index is 11.8. The summed E-state index contributed by atoms with van der Waals surface area (Å²) in [5.41, 5.74) is 3.86. The molecular weight excluding hydrogens is 288 g/mol. The Bertz CT molecular complexity index is 682. The van der Waals surface area contributed by atoms with E-state index in [0.717, 1.165) is 34.6 Å². The second-order valence-electron chi connectivity index (χ2n) is 5.70. The number of hydrogen-bond donors (Lipinski definition) is 1. The number of carbonyl (C=O) groups is 1. The molecule has 0 saturated carbocycles. The minimum Gasteiger partial charge on any atom is -0.487 e. The van der Waals surface area contributed by atoms with Crippen molar-refractivity contribution >= 4 is 11.7 Å². The fourth-order valence-corrected chi connectivity index (χ4v) is 2.41. The molecule has 0 fully saturated rings. The fraction of sp³-hybridized carbons (Fsp3) is 0.368. The fourth-order valence-electron chi connectivity index (χ4n) is 2.41. The van der Waals surface area contributed by atoms with E-state index in [1.165, 1.54) is 0 Å². The molecule has 23 heavy (non-hydrogen) atoms. The van der Waals surface area contributed by atoms with Crippen molar-refractivity contribution in [3.8, 4) is 5.75 Å². The molecule has 1 aromatic heterocycles. The minimum atomic E-state index is -0.000135. The van der Waals surface area contributed by atoms with Gasteiger partial charge in [-0.25, -0.2) is 4.98 Å². The molecular formula is C19H24N2O2. The van der Waals surface area contributed by atoms with Crippen molar-refractivity contribution in [1.82, 2.24) is 4.98 Å². The minimum absolute atomic E-state index is 0.000135. The van der Waals surface area contributed by atoms with Gasteiger partial charge in [0.25, 0.3) is 0 Å². The van der Waals surface area contributed by atoms with Crippen molar-refractivity contribution in [2.24, 2.45) is 0 Å². The highest BCUT2D eigenvalue weighted by Gasteiger charge is 2.14. The summed E-state index contributed by atoms with van der Waals surface area (Å²) in [5, 5.41) is 2.89. The SMILES string of the molecule is CCCC(=O)Nc1nc(C)c(OCc2ccccc2)c(C)c1C. The number of carbonyl (C=O) groups excluding carboxylic acids is 1. The Morgan fingerprint density at radius 1 is 1.13 bits per heavy atom. The molecule has 1 heterocycles. The summed E-state index contributed by atoms with van der Waals surface area (Å²) in [6.07, 6.45) is 1.33. The molecule has 0 unspecified atom stereocenters. The number of nitrogens with zero attached hydrogens (tertiary/aromatic N) is 1. The molecule has 0 aliphatic heterocycles. The zero-order chi connectivity index (χ0) is 16.8. The summed E-state index contributed by atoms with van der Waals surface area (Å²) < 4.78 is 5.97. The number of nitrogens with one attached hydrogen (secondary N) is 1.